The maximum absolute atomic E-state index is 9.09. The third kappa shape index (κ3) is 3.98. The van der Waals surface area contributed by atoms with Crippen LogP contribution in [0.25, 0.3) is 0 Å². The first kappa shape index (κ1) is 17.4. The van der Waals surface area contributed by atoms with Crippen LogP contribution in [0.2, 0.25) is 0 Å². The van der Waals surface area contributed by atoms with Gasteiger partial charge in [0, 0.05) is 16.8 Å². The number of rotatable bonds is 6. The molecule has 0 saturated heterocycles. The molecule has 0 bridgehead atoms. The van der Waals surface area contributed by atoms with Crippen LogP contribution >= 0.6 is 0 Å². The molecule has 0 N–H and O–H groups in total. The first-order valence-corrected chi connectivity index (χ1v) is 8.40. The molecule has 0 aliphatic rings. The van der Waals surface area contributed by atoms with Gasteiger partial charge in [0.15, 0.2) is 0 Å². The second kappa shape index (κ2) is 8.13. The molecule has 1 aromatic heterocycles. The van der Waals surface area contributed by atoms with Crippen LogP contribution in [0.3, 0.4) is 0 Å². The summed E-state index contributed by atoms with van der Waals surface area (Å²) in [6.45, 7) is 4.96. The molecule has 0 amide bonds. The molecule has 5 heteroatoms. The van der Waals surface area contributed by atoms with Crippen molar-refractivity contribution >= 4 is 6.21 Å². The highest BCUT2D eigenvalue weighted by molar-refractivity contribution is 5.82. The minimum absolute atomic E-state index is 0.260. The van der Waals surface area contributed by atoms with Gasteiger partial charge in [0.25, 0.3) is 0 Å². The summed E-state index contributed by atoms with van der Waals surface area (Å²) in [6.07, 6.45) is 1.69. The molecule has 3 aromatic rings. The van der Waals surface area contributed by atoms with Gasteiger partial charge in [-0.25, -0.2) is 0 Å². The van der Waals surface area contributed by atoms with Crippen LogP contribution in [0.5, 0.6) is 0 Å². The molecule has 2 aromatic carbocycles. The molecule has 0 aliphatic carbocycles. The maximum atomic E-state index is 9.09. The predicted molar refractivity (Wildman–Crippen MR) is 101 cm³/mol. The summed E-state index contributed by atoms with van der Waals surface area (Å²) in [5.74, 6) is 0. The van der Waals surface area contributed by atoms with Crippen LogP contribution in [0.1, 0.15) is 33.6 Å². The quantitative estimate of drug-likeness (QED) is 0.502. The monoisotopic (exact) mass is 344 g/mol. The molecule has 1 heterocycles. The zero-order valence-corrected chi connectivity index (χ0v) is 14.9. The summed E-state index contributed by atoms with van der Waals surface area (Å²) in [7, 11) is 0. The van der Waals surface area contributed by atoms with E-state index in [1.807, 2.05) is 54.9 Å². The average molecular weight is 344 g/mol. The summed E-state index contributed by atoms with van der Waals surface area (Å²) in [6, 6.07) is 19.7. The van der Waals surface area contributed by atoms with E-state index in [-0.39, 0.29) is 6.61 Å². The van der Waals surface area contributed by atoms with Crippen LogP contribution < -0.4 is 0 Å². The summed E-state index contributed by atoms with van der Waals surface area (Å²) in [5.41, 5.74) is 5.52. The van der Waals surface area contributed by atoms with E-state index in [4.69, 9.17) is 10.1 Å². The van der Waals surface area contributed by atoms with E-state index in [1.165, 1.54) is 5.56 Å². The predicted octanol–water partition coefficient (Wildman–Crippen LogP) is 3.97. The smallest absolute Gasteiger partial charge is 0.143 e. The normalized spacial score (nSPS) is 10.8. The molecular formula is C21H20N4O. The average Bonchev–Trinajstić information content (AvgIpc) is 2.93. The van der Waals surface area contributed by atoms with Gasteiger partial charge >= 0.3 is 0 Å². The van der Waals surface area contributed by atoms with Gasteiger partial charge in [-0.1, -0.05) is 53.7 Å². The minimum Gasteiger partial charge on any atom is -0.391 e. The van der Waals surface area contributed by atoms with Crippen molar-refractivity contribution in [3.8, 4) is 6.07 Å². The Labute approximate surface area is 153 Å². The Bertz CT molecular complexity index is 952. The Kier molecular flexibility index (Phi) is 5.45. The lowest BCUT2D eigenvalue weighted by molar-refractivity contribution is 0.132. The maximum Gasteiger partial charge on any atom is 0.143 e. The Morgan fingerprint density at radius 3 is 2.62 bits per heavy atom. The number of oxime groups is 1. The van der Waals surface area contributed by atoms with Crippen molar-refractivity contribution in [2.75, 3.05) is 0 Å². The first-order chi connectivity index (χ1) is 12.7. The Morgan fingerprint density at radius 1 is 1.12 bits per heavy atom. The van der Waals surface area contributed by atoms with Crippen LogP contribution in [0.15, 0.2) is 59.8 Å². The van der Waals surface area contributed by atoms with Crippen LogP contribution in [0.4, 0.5) is 0 Å². The lowest BCUT2D eigenvalue weighted by Gasteiger charge is -2.04. The molecular weight excluding hydrogens is 324 g/mol. The molecule has 3 rings (SSSR count). The Morgan fingerprint density at radius 2 is 1.85 bits per heavy atom. The molecule has 0 atom stereocenters. The van der Waals surface area contributed by atoms with Crippen LogP contribution in [-0.2, 0) is 18.0 Å². The summed E-state index contributed by atoms with van der Waals surface area (Å²) >= 11 is 0. The molecule has 0 unspecified atom stereocenters. The van der Waals surface area contributed by atoms with Crippen molar-refractivity contribution in [1.29, 1.82) is 5.26 Å². The SMILES string of the molecule is Cc1nn(Cc2ccccc2)c(C)c1/C=N/OCc1ccccc1C#N. The van der Waals surface area contributed by atoms with Crippen molar-refractivity contribution in [1.82, 2.24) is 9.78 Å². The number of benzene rings is 2. The molecule has 0 aliphatic heterocycles. The zero-order chi connectivity index (χ0) is 18.4. The largest absolute Gasteiger partial charge is 0.391 e. The number of nitrogens with zero attached hydrogens (tertiary/aromatic N) is 4. The highest BCUT2D eigenvalue weighted by Gasteiger charge is 2.10. The zero-order valence-electron chi connectivity index (χ0n) is 14.9. The Balaban J connectivity index is 1.68. The van der Waals surface area contributed by atoms with E-state index in [9.17, 15) is 0 Å². The van der Waals surface area contributed by atoms with Crippen molar-refractivity contribution in [2.24, 2.45) is 5.16 Å². The summed E-state index contributed by atoms with van der Waals surface area (Å²) in [5, 5.41) is 17.8. The topological polar surface area (TPSA) is 63.2 Å². The first-order valence-electron chi connectivity index (χ1n) is 8.40. The van der Waals surface area contributed by atoms with E-state index < -0.39 is 0 Å². The van der Waals surface area contributed by atoms with Crippen molar-refractivity contribution < 1.29 is 4.84 Å². The van der Waals surface area contributed by atoms with Crippen LogP contribution in [-0.4, -0.2) is 16.0 Å². The van der Waals surface area contributed by atoms with E-state index in [0.717, 1.165) is 29.1 Å². The van der Waals surface area contributed by atoms with E-state index >= 15 is 0 Å². The van der Waals surface area contributed by atoms with Gasteiger partial charge in [0.05, 0.1) is 30.1 Å². The number of aromatic nitrogens is 2. The van der Waals surface area contributed by atoms with Crippen molar-refractivity contribution in [3.63, 3.8) is 0 Å². The summed E-state index contributed by atoms with van der Waals surface area (Å²) < 4.78 is 1.97. The van der Waals surface area contributed by atoms with E-state index in [2.05, 4.69) is 28.5 Å². The van der Waals surface area contributed by atoms with Crippen molar-refractivity contribution in [3.05, 3.63) is 88.2 Å². The number of hydrogen-bond acceptors (Lipinski definition) is 4. The second-order valence-electron chi connectivity index (χ2n) is 6.00. The molecule has 5 nitrogen and oxygen atoms in total. The molecule has 0 fully saturated rings. The van der Waals surface area contributed by atoms with Gasteiger partial charge < -0.3 is 4.84 Å². The lowest BCUT2D eigenvalue weighted by atomic mass is 10.1. The molecule has 130 valence electrons. The van der Waals surface area contributed by atoms with Crippen molar-refractivity contribution in [2.45, 2.75) is 27.0 Å². The fourth-order valence-corrected chi connectivity index (χ4v) is 2.76. The van der Waals surface area contributed by atoms with Crippen LogP contribution in [0, 0.1) is 25.2 Å². The number of nitriles is 1. The van der Waals surface area contributed by atoms with E-state index in [0.29, 0.717) is 5.56 Å². The molecule has 26 heavy (non-hydrogen) atoms. The van der Waals surface area contributed by atoms with E-state index in [1.54, 1.807) is 12.3 Å². The summed E-state index contributed by atoms with van der Waals surface area (Å²) in [4.78, 5) is 5.38. The fraction of sp³-hybridized carbons (Fsp3) is 0.190. The lowest BCUT2D eigenvalue weighted by Crippen LogP contribution is -2.04. The third-order valence-corrected chi connectivity index (χ3v) is 4.23. The molecule has 0 spiro atoms. The highest BCUT2D eigenvalue weighted by atomic mass is 16.6. The molecule has 0 radical (unpaired) electrons. The second-order valence-corrected chi connectivity index (χ2v) is 6.00. The van der Waals surface area contributed by atoms with Gasteiger partial charge in [-0.3, -0.25) is 4.68 Å². The Hall–Kier alpha value is -3.39. The number of aryl methyl sites for hydroxylation is 1. The van der Waals surface area contributed by atoms with Gasteiger partial charge in [0.1, 0.15) is 6.61 Å². The number of hydrogen-bond donors (Lipinski definition) is 0. The molecule has 0 saturated carbocycles. The van der Waals surface area contributed by atoms with Gasteiger partial charge in [-0.05, 0) is 25.5 Å². The highest BCUT2D eigenvalue weighted by Crippen LogP contribution is 2.14. The fourth-order valence-electron chi connectivity index (χ4n) is 2.76. The van der Waals surface area contributed by atoms with Gasteiger partial charge in [-0.2, -0.15) is 10.4 Å². The van der Waals surface area contributed by atoms with Gasteiger partial charge in [-0.15, -0.1) is 0 Å². The third-order valence-electron chi connectivity index (χ3n) is 4.23. The standard InChI is InChI=1S/C21H20N4O/c1-16-21(13-23-26-15-20-11-7-6-10-19(20)12-22)17(2)25(24-16)14-18-8-4-3-5-9-18/h3-11,13H,14-15H2,1-2H3/b23-13+. The van der Waals surface area contributed by atoms with Gasteiger partial charge in [0.2, 0.25) is 0 Å². The minimum atomic E-state index is 0.260.